The third-order valence-electron chi connectivity index (χ3n) is 10.5. The normalized spacial score (nSPS) is 19.5. The summed E-state index contributed by atoms with van der Waals surface area (Å²) in [5, 5.41) is 22.5. The highest BCUT2D eigenvalue weighted by Gasteiger charge is 2.41. The van der Waals surface area contributed by atoms with E-state index in [1.165, 1.54) is 16.7 Å². The average Bonchev–Trinajstić information content (AvgIpc) is 3.03. The lowest BCUT2D eigenvalue weighted by molar-refractivity contribution is -0.923. The standard InChI is InChI=1S/C38H42N2O6.3ClH/c1-39(2)15-13-25-20-33(43-5)34-22-28(25)29(39)17-23-7-10-27(11-8-23)45-38-36-26(21-35(44-6)37(38)42)14-16-40(3,4)30(36)18-24-9-12-31(41)32(19-24)46-34;;;/h7-12,19-22,29-30H,13-18H2,1-6H3;3*1H. The highest BCUT2D eigenvalue weighted by Crippen LogP contribution is 2.51. The first-order valence-electron chi connectivity index (χ1n) is 16.0. The average molecular weight is 732 g/mol. The quantitative estimate of drug-likeness (QED) is 0.303. The molecule has 0 saturated carbocycles. The molecular weight excluding hydrogens is 687 g/mol. The molecule has 0 aliphatic carbocycles. The third kappa shape index (κ3) is 6.94. The molecule has 2 unspecified atom stereocenters. The third-order valence-corrected chi connectivity index (χ3v) is 10.5. The largest absolute Gasteiger partial charge is 1.00 e. The molecule has 264 valence electrons. The number of methoxy groups -OCH3 is 2. The minimum absolute atomic E-state index is 0. The molecule has 4 aliphatic heterocycles. The maximum atomic E-state index is 11.5. The molecule has 8 nitrogen and oxygen atoms in total. The first-order chi connectivity index (χ1) is 22.0. The molecule has 4 aromatic rings. The van der Waals surface area contributed by atoms with E-state index >= 15 is 0 Å². The van der Waals surface area contributed by atoms with E-state index in [0.29, 0.717) is 45.4 Å². The number of hydrogen-bond donors (Lipinski definition) is 2. The van der Waals surface area contributed by atoms with Crippen molar-refractivity contribution in [1.29, 1.82) is 0 Å². The second-order valence-electron chi connectivity index (χ2n) is 14.1. The molecule has 0 radical (unpaired) electrons. The Balaban J connectivity index is 0.00000180. The monoisotopic (exact) mass is 730 g/mol. The molecule has 49 heavy (non-hydrogen) atoms. The Hall–Kier alpha value is -3.53. The molecule has 0 aromatic heterocycles. The zero-order chi connectivity index (χ0) is 32.4. The van der Waals surface area contributed by atoms with Crippen LogP contribution in [0.1, 0.15) is 45.5 Å². The van der Waals surface area contributed by atoms with Crippen LogP contribution in [0.2, 0.25) is 0 Å². The fraction of sp³-hybridized carbons (Fsp3) is 0.368. The number of fused-ring (bicyclic) bond motifs is 2. The summed E-state index contributed by atoms with van der Waals surface area (Å²) in [7, 11) is 12.2. The van der Waals surface area contributed by atoms with Crippen LogP contribution in [-0.2, 0) is 25.7 Å². The number of halogens is 3. The second-order valence-corrected chi connectivity index (χ2v) is 14.1. The van der Waals surface area contributed by atoms with Gasteiger partial charge < -0.3 is 62.9 Å². The van der Waals surface area contributed by atoms with Gasteiger partial charge in [0.25, 0.3) is 0 Å². The van der Waals surface area contributed by atoms with Crippen molar-refractivity contribution in [2.45, 2.75) is 37.8 Å². The molecule has 4 aliphatic rings. The van der Waals surface area contributed by atoms with Crippen LogP contribution in [0.15, 0.2) is 60.7 Å². The smallest absolute Gasteiger partial charge is 0.201 e. The molecule has 4 heterocycles. The minimum Gasteiger partial charge on any atom is -1.00 e. The Morgan fingerprint density at radius 2 is 1.27 bits per heavy atom. The fourth-order valence-corrected chi connectivity index (χ4v) is 7.61. The van der Waals surface area contributed by atoms with Gasteiger partial charge in [0, 0.05) is 31.2 Å². The molecule has 6 bridgehead atoms. The summed E-state index contributed by atoms with van der Waals surface area (Å²) >= 11 is 0. The number of rotatable bonds is 2. The van der Waals surface area contributed by atoms with Crippen molar-refractivity contribution in [1.82, 2.24) is 0 Å². The van der Waals surface area contributed by atoms with Crippen molar-refractivity contribution in [2.24, 2.45) is 0 Å². The fourth-order valence-electron chi connectivity index (χ4n) is 7.61. The number of aromatic hydroxyl groups is 2. The SMILES string of the molecule is COc1cc2c3cc1Oc1cc(ccc1O)CC1c4c(cc(OC)c(O)c4Oc4ccc(cc4)CC3[N+](C)(C)CC2)CC[N+]1(C)C.Cl.[Cl-].[Cl-]. The van der Waals surface area contributed by atoms with E-state index in [4.69, 9.17) is 18.9 Å². The van der Waals surface area contributed by atoms with Gasteiger partial charge >= 0.3 is 0 Å². The van der Waals surface area contributed by atoms with Crippen molar-refractivity contribution in [3.05, 3.63) is 94.0 Å². The summed E-state index contributed by atoms with van der Waals surface area (Å²) in [6, 6.07) is 20.1. The van der Waals surface area contributed by atoms with Crippen molar-refractivity contribution < 1.29 is 62.9 Å². The number of ether oxygens (including phenoxy) is 4. The van der Waals surface area contributed by atoms with Gasteiger partial charge in [-0.15, -0.1) is 12.4 Å². The van der Waals surface area contributed by atoms with Crippen LogP contribution in [0.4, 0.5) is 0 Å². The summed E-state index contributed by atoms with van der Waals surface area (Å²) in [6.07, 6.45) is 3.21. The van der Waals surface area contributed by atoms with Gasteiger partial charge in [-0.05, 0) is 64.7 Å². The first-order valence-corrected chi connectivity index (χ1v) is 16.0. The number of nitrogens with zero attached hydrogens (tertiary/aromatic N) is 2. The minimum atomic E-state index is -0.0508. The second kappa shape index (κ2) is 14.4. The van der Waals surface area contributed by atoms with E-state index in [0.717, 1.165) is 53.5 Å². The summed E-state index contributed by atoms with van der Waals surface area (Å²) in [5.74, 6) is 3.18. The molecule has 0 spiro atoms. The number of phenolic OH excluding ortho intramolecular Hbond substituents is 2. The lowest BCUT2D eigenvalue weighted by Crippen LogP contribution is -3.00. The van der Waals surface area contributed by atoms with E-state index in [1.54, 1.807) is 20.3 Å². The molecule has 0 saturated heterocycles. The van der Waals surface area contributed by atoms with Crippen LogP contribution in [0.5, 0.6) is 46.0 Å². The lowest BCUT2D eigenvalue weighted by Gasteiger charge is -2.43. The van der Waals surface area contributed by atoms with Crippen molar-refractivity contribution in [3.8, 4) is 46.0 Å². The molecule has 8 rings (SSSR count). The topological polar surface area (TPSA) is 77.4 Å². The summed E-state index contributed by atoms with van der Waals surface area (Å²) in [5.41, 5.74) is 6.74. The number of phenols is 2. The Morgan fingerprint density at radius 1 is 0.673 bits per heavy atom. The van der Waals surface area contributed by atoms with Crippen molar-refractivity contribution in [3.63, 3.8) is 0 Å². The summed E-state index contributed by atoms with van der Waals surface area (Å²) < 4.78 is 26.1. The number of likely N-dealkylation sites (N-methyl/N-ethyl adjacent to an activating group) is 2. The van der Waals surface area contributed by atoms with Crippen LogP contribution < -0.4 is 43.8 Å². The van der Waals surface area contributed by atoms with Gasteiger partial charge in [0.05, 0.1) is 61.1 Å². The van der Waals surface area contributed by atoms with Crippen LogP contribution in [0, 0.1) is 0 Å². The van der Waals surface area contributed by atoms with Gasteiger partial charge in [-0.1, -0.05) is 18.2 Å². The van der Waals surface area contributed by atoms with Crippen molar-refractivity contribution in [2.75, 3.05) is 55.5 Å². The van der Waals surface area contributed by atoms with E-state index in [2.05, 4.69) is 52.5 Å². The van der Waals surface area contributed by atoms with Crippen LogP contribution in [-0.4, -0.2) is 74.7 Å². The van der Waals surface area contributed by atoms with E-state index < -0.39 is 0 Å². The van der Waals surface area contributed by atoms with Gasteiger partial charge in [-0.25, -0.2) is 0 Å². The highest BCUT2D eigenvalue weighted by molar-refractivity contribution is 5.85. The van der Waals surface area contributed by atoms with Gasteiger partial charge in [0.2, 0.25) is 5.75 Å². The van der Waals surface area contributed by atoms with Gasteiger partial charge in [-0.3, -0.25) is 0 Å². The maximum Gasteiger partial charge on any atom is 0.201 e. The highest BCUT2D eigenvalue weighted by atomic mass is 35.5. The molecule has 2 N–H and O–H groups in total. The lowest BCUT2D eigenvalue weighted by atomic mass is 9.85. The Bertz CT molecular complexity index is 1830. The molecule has 2 atom stereocenters. The molecule has 0 fully saturated rings. The van der Waals surface area contributed by atoms with E-state index in [1.807, 2.05) is 30.3 Å². The predicted molar refractivity (Wildman–Crippen MR) is 184 cm³/mol. The Labute approximate surface area is 307 Å². The summed E-state index contributed by atoms with van der Waals surface area (Å²) in [6.45, 7) is 1.91. The van der Waals surface area contributed by atoms with Gasteiger partial charge in [-0.2, -0.15) is 0 Å². The first kappa shape index (κ1) is 38.3. The van der Waals surface area contributed by atoms with E-state index in [9.17, 15) is 10.2 Å². The Kier molecular flexibility index (Phi) is 11.2. The van der Waals surface area contributed by atoms with Crippen LogP contribution >= 0.6 is 12.4 Å². The molecular formula is C38H45Cl3N2O6. The van der Waals surface area contributed by atoms with Gasteiger partial charge in [0.1, 0.15) is 17.8 Å². The molecule has 11 heteroatoms. The van der Waals surface area contributed by atoms with Crippen LogP contribution in [0.3, 0.4) is 0 Å². The molecule has 0 amide bonds. The predicted octanol–water partition coefficient (Wildman–Crippen LogP) is 1.28. The number of quaternary nitrogens is 2. The Morgan fingerprint density at radius 3 is 1.94 bits per heavy atom. The summed E-state index contributed by atoms with van der Waals surface area (Å²) in [4.78, 5) is 0. The van der Waals surface area contributed by atoms with E-state index in [-0.39, 0.29) is 60.8 Å². The number of hydrogen-bond acceptors (Lipinski definition) is 6. The zero-order valence-corrected chi connectivity index (χ0v) is 31.1. The zero-order valence-electron chi connectivity index (χ0n) is 28.8. The van der Waals surface area contributed by atoms with Crippen molar-refractivity contribution >= 4 is 12.4 Å². The number of benzene rings is 4. The van der Waals surface area contributed by atoms with Crippen LogP contribution in [0.25, 0.3) is 0 Å². The molecule has 4 aromatic carbocycles. The maximum absolute atomic E-state index is 11.5. The van der Waals surface area contributed by atoms with Gasteiger partial charge in [0.15, 0.2) is 34.5 Å².